The summed E-state index contributed by atoms with van der Waals surface area (Å²) in [5, 5.41) is 14.2. The molecule has 0 saturated heterocycles. The molecule has 0 bridgehead atoms. The highest BCUT2D eigenvalue weighted by Crippen LogP contribution is 2.27. The van der Waals surface area contributed by atoms with Gasteiger partial charge >= 0.3 is 0 Å². The first-order valence-electron chi connectivity index (χ1n) is 8.18. The number of ether oxygens (including phenoxy) is 1. The highest BCUT2D eigenvalue weighted by atomic mass is 32.2. The van der Waals surface area contributed by atoms with Gasteiger partial charge in [0.2, 0.25) is 0 Å². The van der Waals surface area contributed by atoms with Gasteiger partial charge in [0.1, 0.15) is 5.69 Å². The average Bonchev–Trinajstić information content (AvgIpc) is 2.61. The van der Waals surface area contributed by atoms with E-state index in [1.165, 1.54) is 12.1 Å². The van der Waals surface area contributed by atoms with Crippen LogP contribution in [0.2, 0.25) is 0 Å². The molecule has 2 aromatic rings. The van der Waals surface area contributed by atoms with Crippen LogP contribution in [-0.2, 0) is 14.6 Å². The number of nitro groups is 1. The van der Waals surface area contributed by atoms with E-state index in [2.05, 4.69) is 5.32 Å². The number of rotatable bonds is 9. The molecule has 140 valence electrons. The van der Waals surface area contributed by atoms with Crippen molar-refractivity contribution in [3.8, 4) is 0 Å². The molecule has 2 aromatic carbocycles. The molecular formula is C18H22N2O5S. The summed E-state index contributed by atoms with van der Waals surface area (Å²) in [6.45, 7) is 2.94. The SMILES string of the molecule is C[C@H](OCCCNc1ccc(S(C)(=O)=O)cc1[N+](=O)[O-])c1ccccc1. The maximum absolute atomic E-state index is 11.5. The number of anilines is 1. The van der Waals surface area contributed by atoms with Crippen molar-refractivity contribution in [2.24, 2.45) is 0 Å². The van der Waals surface area contributed by atoms with Crippen molar-refractivity contribution in [3.05, 3.63) is 64.2 Å². The second-order valence-corrected chi connectivity index (χ2v) is 7.93. The largest absolute Gasteiger partial charge is 0.379 e. The van der Waals surface area contributed by atoms with Crippen LogP contribution in [-0.4, -0.2) is 32.7 Å². The van der Waals surface area contributed by atoms with E-state index in [1.807, 2.05) is 37.3 Å². The van der Waals surface area contributed by atoms with Gasteiger partial charge in [-0.2, -0.15) is 0 Å². The van der Waals surface area contributed by atoms with Gasteiger partial charge in [0.15, 0.2) is 9.84 Å². The van der Waals surface area contributed by atoms with Crippen LogP contribution in [0.25, 0.3) is 0 Å². The lowest BCUT2D eigenvalue weighted by Gasteiger charge is -2.14. The first-order chi connectivity index (χ1) is 12.3. The van der Waals surface area contributed by atoms with Crippen LogP contribution in [0.5, 0.6) is 0 Å². The van der Waals surface area contributed by atoms with Crippen molar-refractivity contribution in [1.29, 1.82) is 0 Å². The number of nitrogens with zero attached hydrogens (tertiary/aromatic N) is 1. The Balaban J connectivity index is 1.88. The molecule has 8 heteroatoms. The van der Waals surface area contributed by atoms with Gasteiger partial charge in [0.05, 0.1) is 15.9 Å². The molecule has 0 aliphatic heterocycles. The summed E-state index contributed by atoms with van der Waals surface area (Å²) in [5.41, 5.74) is 1.12. The van der Waals surface area contributed by atoms with E-state index in [9.17, 15) is 18.5 Å². The molecule has 0 aromatic heterocycles. The normalized spacial score (nSPS) is 12.5. The van der Waals surface area contributed by atoms with E-state index in [0.29, 0.717) is 25.3 Å². The molecule has 0 spiro atoms. The average molecular weight is 378 g/mol. The zero-order chi connectivity index (χ0) is 19.2. The van der Waals surface area contributed by atoms with Crippen LogP contribution in [0.15, 0.2) is 53.4 Å². The lowest BCUT2D eigenvalue weighted by molar-refractivity contribution is -0.384. The Morgan fingerprint density at radius 1 is 1.19 bits per heavy atom. The van der Waals surface area contributed by atoms with Crippen LogP contribution in [0.3, 0.4) is 0 Å². The minimum atomic E-state index is -3.49. The van der Waals surface area contributed by atoms with Crippen molar-refractivity contribution < 1.29 is 18.1 Å². The van der Waals surface area contributed by atoms with Gasteiger partial charge in [-0.05, 0) is 31.0 Å². The molecule has 0 aliphatic carbocycles. The van der Waals surface area contributed by atoms with E-state index < -0.39 is 14.8 Å². The third kappa shape index (κ3) is 5.53. The van der Waals surface area contributed by atoms with Gasteiger partial charge in [-0.15, -0.1) is 0 Å². The van der Waals surface area contributed by atoms with Gasteiger partial charge in [0, 0.05) is 25.5 Å². The number of nitrogens with one attached hydrogen (secondary N) is 1. The highest BCUT2D eigenvalue weighted by Gasteiger charge is 2.18. The van der Waals surface area contributed by atoms with Crippen LogP contribution < -0.4 is 5.32 Å². The summed E-state index contributed by atoms with van der Waals surface area (Å²) >= 11 is 0. The fourth-order valence-electron chi connectivity index (χ4n) is 2.42. The van der Waals surface area contributed by atoms with Gasteiger partial charge in [-0.25, -0.2) is 8.42 Å². The number of hydrogen-bond donors (Lipinski definition) is 1. The Labute approximate surface area is 153 Å². The predicted octanol–water partition coefficient (Wildman–Crippen LogP) is 3.58. The standard InChI is InChI=1S/C18H22N2O5S/c1-14(15-7-4-3-5-8-15)25-12-6-11-19-17-10-9-16(26(2,23)24)13-18(17)20(21)22/h3-5,7-10,13-14,19H,6,11-12H2,1-2H3/t14-/m0/s1. The first kappa shape index (κ1) is 19.9. The van der Waals surface area contributed by atoms with Gasteiger partial charge in [-0.1, -0.05) is 30.3 Å². The third-order valence-electron chi connectivity index (χ3n) is 3.87. The summed E-state index contributed by atoms with van der Waals surface area (Å²) < 4.78 is 28.8. The van der Waals surface area contributed by atoms with Crippen LogP contribution in [0.4, 0.5) is 11.4 Å². The van der Waals surface area contributed by atoms with Crippen molar-refractivity contribution in [2.45, 2.75) is 24.3 Å². The van der Waals surface area contributed by atoms with Crippen molar-refractivity contribution in [2.75, 3.05) is 24.7 Å². The molecular weight excluding hydrogens is 356 g/mol. The summed E-state index contributed by atoms with van der Waals surface area (Å²) in [6, 6.07) is 13.7. The number of hydrogen-bond acceptors (Lipinski definition) is 6. The Hall–Kier alpha value is -2.45. The van der Waals surface area contributed by atoms with E-state index >= 15 is 0 Å². The van der Waals surface area contributed by atoms with Crippen molar-refractivity contribution >= 4 is 21.2 Å². The summed E-state index contributed by atoms with van der Waals surface area (Å²) in [7, 11) is -3.49. The van der Waals surface area contributed by atoms with E-state index in [4.69, 9.17) is 4.74 Å². The van der Waals surface area contributed by atoms with Crippen molar-refractivity contribution in [1.82, 2.24) is 0 Å². The number of sulfone groups is 1. The monoisotopic (exact) mass is 378 g/mol. The first-order valence-corrected chi connectivity index (χ1v) is 10.1. The van der Waals surface area contributed by atoms with E-state index in [1.54, 1.807) is 0 Å². The second-order valence-electron chi connectivity index (χ2n) is 5.91. The molecule has 26 heavy (non-hydrogen) atoms. The Morgan fingerprint density at radius 2 is 1.88 bits per heavy atom. The Morgan fingerprint density at radius 3 is 2.50 bits per heavy atom. The van der Waals surface area contributed by atoms with Gasteiger partial charge in [0.25, 0.3) is 5.69 Å². The summed E-state index contributed by atoms with van der Waals surface area (Å²) in [5.74, 6) is 0. The summed E-state index contributed by atoms with van der Waals surface area (Å²) in [4.78, 5) is 10.5. The number of benzene rings is 2. The number of nitro benzene ring substituents is 1. The molecule has 0 fully saturated rings. The minimum absolute atomic E-state index is 0.0282. The lowest BCUT2D eigenvalue weighted by atomic mass is 10.1. The maximum atomic E-state index is 11.5. The molecule has 2 rings (SSSR count). The fraction of sp³-hybridized carbons (Fsp3) is 0.333. The van der Waals surface area contributed by atoms with Crippen molar-refractivity contribution in [3.63, 3.8) is 0 Å². The zero-order valence-corrected chi connectivity index (χ0v) is 15.5. The molecule has 0 heterocycles. The molecule has 7 nitrogen and oxygen atoms in total. The molecule has 0 amide bonds. The van der Waals surface area contributed by atoms with Crippen LogP contribution in [0, 0.1) is 10.1 Å². The van der Waals surface area contributed by atoms with Gasteiger partial charge in [-0.3, -0.25) is 10.1 Å². The Kier molecular flexibility index (Phi) is 6.70. The molecule has 1 atom stereocenters. The van der Waals surface area contributed by atoms with Crippen LogP contribution in [0.1, 0.15) is 25.0 Å². The van der Waals surface area contributed by atoms with E-state index in [-0.39, 0.29) is 16.7 Å². The predicted molar refractivity (Wildman–Crippen MR) is 100 cm³/mol. The molecule has 0 saturated carbocycles. The molecule has 0 aliphatic rings. The quantitative estimate of drug-likeness (QED) is 0.407. The van der Waals surface area contributed by atoms with Gasteiger partial charge < -0.3 is 10.1 Å². The minimum Gasteiger partial charge on any atom is -0.379 e. The molecule has 0 unspecified atom stereocenters. The molecule has 1 N–H and O–H groups in total. The fourth-order valence-corrected chi connectivity index (χ4v) is 3.06. The third-order valence-corrected chi connectivity index (χ3v) is 4.98. The topological polar surface area (TPSA) is 98.5 Å². The lowest BCUT2D eigenvalue weighted by Crippen LogP contribution is -2.09. The Bertz CT molecular complexity index is 853. The molecule has 0 radical (unpaired) electrons. The maximum Gasteiger partial charge on any atom is 0.293 e. The smallest absolute Gasteiger partial charge is 0.293 e. The van der Waals surface area contributed by atoms with E-state index in [0.717, 1.165) is 17.9 Å². The van der Waals surface area contributed by atoms with Crippen LogP contribution >= 0.6 is 0 Å². The second kappa shape index (κ2) is 8.77. The zero-order valence-electron chi connectivity index (χ0n) is 14.7. The highest BCUT2D eigenvalue weighted by molar-refractivity contribution is 7.90. The summed E-state index contributed by atoms with van der Waals surface area (Å²) in [6.07, 6.45) is 1.65.